The van der Waals surface area contributed by atoms with Crippen molar-refractivity contribution >= 4 is 11.6 Å². The normalized spacial score (nSPS) is 25.5. The Kier molecular flexibility index (Phi) is 5.61. The first-order chi connectivity index (χ1) is 11.6. The fourth-order valence-electron chi connectivity index (χ4n) is 3.86. The maximum atomic E-state index is 12.3. The molecule has 0 aromatic heterocycles. The molecule has 1 aliphatic heterocycles. The molecular weight excluding hydrogens is 302 g/mol. The number of anilines is 1. The molecule has 1 aromatic rings. The van der Waals surface area contributed by atoms with Gasteiger partial charge in [-0.3, -0.25) is 9.69 Å². The number of phenolic OH excluding ortho intramolecular Hbond substituents is 1. The van der Waals surface area contributed by atoms with Crippen LogP contribution in [0.4, 0.5) is 5.69 Å². The van der Waals surface area contributed by atoms with Crippen LogP contribution in [0.1, 0.15) is 32.6 Å². The molecule has 1 amide bonds. The number of carbonyl (C=O) groups excluding carboxylic acids is 1. The Bertz CT molecular complexity index is 555. The number of nitrogens with zero attached hydrogens (tertiary/aromatic N) is 2. The van der Waals surface area contributed by atoms with Gasteiger partial charge in [0.15, 0.2) is 0 Å². The number of amides is 1. The van der Waals surface area contributed by atoms with E-state index < -0.39 is 0 Å². The average Bonchev–Trinajstić information content (AvgIpc) is 2.58. The molecule has 0 spiro atoms. The molecule has 5 heteroatoms. The van der Waals surface area contributed by atoms with Crippen molar-refractivity contribution in [1.82, 2.24) is 10.2 Å². The van der Waals surface area contributed by atoms with E-state index in [-0.39, 0.29) is 5.91 Å². The molecule has 132 valence electrons. The predicted octanol–water partition coefficient (Wildman–Crippen LogP) is 2.21. The van der Waals surface area contributed by atoms with E-state index in [9.17, 15) is 9.90 Å². The molecule has 3 rings (SSSR count). The van der Waals surface area contributed by atoms with Gasteiger partial charge < -0.3 is 15.3 Å². The fourth-order valence-corrected chi connectivity index (χ4v) is 3.86. The fraction of sp³-hybridized carbons (Fsp3) is 0.632. The van der Waals surface area contributed by atoms with Gasteiger partial charge in [0.05, 0.1) is 12.2 Å². The van der Waals surface area contributed by atoms with Gasteiger partial charge in [-0.1, -0.05) is 31.9 Å². The van der Waals surface area contributed by atoms with Crippen molar-refractivity contribution in [3.05, 3.63) is 24.3 Å². The highest BCUT2D eigenvalue weighted by atomic mass is 16.3. The summed E-state index contributed by atoms with van der Waals surface area (Å²) < 4.78 is 0. The minimum Gasteiger partial charge on any atom is -0.506 e. The first-order valence-electron chi connectivity index (χ1n) is 9.18. The highest BCUT2D eigenvalue weighted by Gasteiger charge is 2.25. The number of nitrogens with one attached hydrogen (secondary N) is 1. The minimum absolute atomic E-state index is 0.157. The molecule has 5 nitrogen and oxygen atoms in total. The zero-order valence-electron chi connectivity index (χ0n) is 14.6. The van der Waals surface area contributed by atoms with Crippen LogP contribution in [0.15, 0.2) is 24.3 Å². The summed E-state index contributed by atoms with van der Waals surface area (Å²) in [5.74, 6) is 1.08. The van der Waals surface area contributed by atoms with Gasteiger partial charge in [-0.25, -0.2) is 0 Å². The summed E-state index contributed by atoms with van der Waals surface area (Å²) in [5.41, 5.74) is 0.887. The standard InChI is InChI=1S/C19H29N3O2/c1-15-6-2-3-7-16(15)20-19(24)14-21-10-12-22(13-11-21)17-8-4-5-9-18(17)23/h4-5,8-9,15-16,23H,2-3,6-7,10-14H2,1H3,(H,20,24)/t15-,16-/m1/s1. The van der Waals surface area contributed by atoms with Crippen molar-refractivity contribution in [3.63, 3.8) is 0 Å². The molecule has 1 heterocycles. The minimum atomic E-state index is 0.157. The SMILES string of the molecule is C[C@@H]1CCCC[C@H]1NC(=O)CN1CCN(c2ccccc2O)CC1. The smallest absolute Gasteiger partial charge is 0.234 e. The predicted molar refractivity (Wildman–Crippen MR) is 96.3 cm³/mol. The van der Waals surface area contributed by atoms with Crippen LogP contribution in [-0.4, -0.2) is 54.7 Å². The second-order valence-corrected chi connectivity index (χ2v) is 7.19. The van der Waals surface area contributed by atoms with E-state index in [1.807, 2.05) is 18.2 Å². The van der Waals surface area contributed by atoms with Gasteiger partial charge in [0, 0.05) is 32.2 Å². The molecule has 1 aliphatic carbocycles. The topological polar surface area (TPSA) is 55.8 Å². The summed E-state index contributed by atoms with van der Waals surface area (Å²) in [4.78, 5) is 16.7. The van der Waals surface area contributed by atoms with E-state index in [1.165, 1.54) is 19.3 Å². The van der Waals surface area contributed by atoms with E-state index >= 15 is 0 Å². The lowest BCUT2D eigenvalue weighted by molar-refractivity contribution is -0.123. The van der Waals surface area contributed by atoms with Crippen LogP contribution in [0.5, 0.6) is 5.75 Å². The molecule has 2 aliphatic rings. The average molecular weight is 331 g/mol. The molecule has 1 aromatic carbocycles. The molecular formula is C19H29N3O2. The second kappa shape index (κ2) is 7.88. The summed E-state index contributed by atoms with van der Waals surface area (Å²) >= 11 is 0. The molecule has 2 fully saturated rings. The number of piperazine rings is 1. The highest BCUT2D eigenvalue weighted by Crippen LogP contribution is 2.27. The number of carbonyl (C=O) groups is 1. The van der Waals surface area contributed by atoms with Crippen molar-refractivity contribution < 1.29 is 9.90 Å². The number of hydrogen-bond acceptors (Lipinski definition) is 4. The number of aromatic hydroxyl groups is 1. The molecule has 2 N–H and O–H groups in total. The Balaban J connectivity index is 1.45. The third-order valence-corrected chi connectivity index (χ3v) is 5.42. The second-order valence-electron chi connectivity index (χ2n) is 7.19. The quantitative estimate of drug-likeness (QED) is 0.888. The summed E-state index contributed by atoms with van der Waals surface area (Å²) in [7, 11) is 0. The zero-order chi connectivity index (χ0) is 16.9. The monoisotopic (exact) mass is 331 g/mol. The van der Waals surface area contributed by atoms with Gasteiger partial charge >= 0.3 is 0 Å². The number of hydrogen-bond donors (Lipinski definition) is 2. The van der Waals surface area contributed by atoms with E-state index in [0.717, 1.165) is 38.3 Å². The van der Waals surface area contributed by atoms with Crippen molar-refractivity contribution in [3.8, 4) is 5.75 Å². The first kappa shape index (κ1) is 17.1. The summed E-state index contributed by atoms with van der Waals surface area (Å²) in [5, 5.41) is 13.2. The van der Waals surface area contributed by atoms with E-state index in [0.29, 0.717) is 24.3 Å². The lowest BCUT2D eigenvalue weighted by atomic mass is 9.86. The zero-order valence-corrected chi connectivity index (χ0v) is 14.6. The van der Waals surface area contributed by atoms with E-state index in [2.05, 4.69) is 22.0 Å². The lowest BCUT2D eigenvalue weighted by Crippen LogP contribution is -2.51. The molecule has 24 heavy (non-hydrogen) atoms. The first-order valence-corrected chi connectivity index (χ1v) is 9.18. The Hall–Kier alpha value is -1.75. The summed E-state index contributed by atoms with van der Waals surface area (Å²) in [6, 6.07) is 7.81. The van der Waals surface area contributed by atoms with Crippen LogP contribution in [-0.2, 0) is 4.79 Å². The highest BCUT2D eigenvalue weighted by molar-refractivity contribution is 5.78. The van der Waals surface area contributed by atoms with Crippen LogP contribution >= 0.6 is 0 Å². The van der Waals surface area contributed by atoms with Crippen LogP contribution in [0.3, 0.4) is 0 Å². The number of phenols is 1. The van der Waals surface area contributed by atoms with Gasteiger partial charge in [-0.15, -0.1) is 0 Å². The van der Waals surface area contributed by atoms with Gasteiger partial charge in [0.25, 0.3) is 0 Å². The van der Waals surface area contributed by atoms with Crippen molar-refractivity contribution in [2.24, 2.45) is 5.92 Å². The molecule has 0 bridgehead atoms. The Morgan fingerprint density at radius 1 is 1.17 bits per heavy atom. The Morgan fingerprint density at radius 2 is 1.88 bits per heavy atom. The van der Waals surface area contributed by atoms with Gasteiger partial charge in [-0.05, 0) is 30.9 Å². The van der Waals surface area contributed by atoms with Crippen molar-refractivity contribution in [1.29, 1.82) is 0 Å². The Labute approximate surface area is 144 Å². The third-order valence-electron chi connectivity index (χ3n) is 5.42. The van der Waals surface area contributed by atoms with Crippen molar-refractivity contribution in [2.75, 3.05) is 37.6 Å². The van der Waals surface area contributed by atoms with Crippen LogP contribution in [0, 0.1) is 5.92 Å². The lowest BCUT2D eigenvalue weighted by Gasteiger charge is -2.36. The Morgan fingerprint density at radius 3 is 2.58 bits per heavy atom. The van der Waals surface area contributed by atoms with Crippen LogP contribution in [0.25, 0.3) is 0 Å². The molecule has 0 radical (unpaired) electrons. The van der Waals surface area contributed by atoms with Gasteiger partial charge in [0.2, 0.25) is 5.91 Å². The maximum absolute atomic E-state index is 12.3. The number of benzene rings is 1. The van der Waals surface area contributed by atoms with E-state index in [1.54, 1.807) is 6.07 Å². The molecule has 0 unspecified atom stereocenters. The summed E-state index contributed by atoms with van der Waals surface area (Å²) in [6.07, 6.45) is 4.87. The number of para-hydroxylation sites is 2. The van der Waals surface area contributed by atoms with Crippen molar-refractivity contribution in [2.45, 2.75) is 38.6 Å². The number of rotatable bonds is 4. The van der Waals surface area contributed by atoms with Crippen LogP contribution < -0.4 is 10.2 Å². The largest absolute Gasteiger partial charge is 0.506 e. The maximum Gasteiger partial charge on any atom is 0.234 e. The third kappa shape index (κ3) is 4.20. The summed E-state index contributed by atoms with van der Waals surface area (Å²) in [6.45, 7) is 6.10. The molecule has 1 saturated heterocycles. The molecule has 1 saturated carbocycles. The van der Waals surface area contributed by atoms with Crippen LogP contribution in [0.2, 0.25) is 0 Å². The van der Waals surface area contributed by atoms with Gasteiger partial charge in [0.1, 0.15) is 5.75 Å². The van der Waals surface area contributed by atoms with Gasteiger partial charge in [-0.2, -0.15) is 0 Å². The van der Waals surface area contributed by atoms with E-state index in [4.69, 9.17) is 0 Å². The molecule has 2 atom stereocenters.